The lowest BCUT2D eigenvalue weighted by Gasteiger charge is -2.24. The first kappa shape index (κ1) is 19.3. The van der Waals surface area contributed by atoms with Gasteiger partial charge in [-0.25, -0.2) is 4.98 Å². The van der Waals surface area contributed by atoms with Gasteiger partial charge in [0.15, 0.2) is 0 Å². The summed E-state index contributed by atoms with van der Waals surface area (Å²) in [5.74, 6) is 0.0295. The van der Waals surface area contributed by atoms with Gasteiger partial charge in [-0.05, 0) is 30.9 Å². The van der Waals surface area contributed by atoms with Crippen LogP contribution >= 0.6 is 11.3 Å². The average molecular weight is 411 g/mol. The molecule has 1 aliphatic heterocycles. The van der Waals surface area contributed by atoms with E-state index in [1.165, 1.54) is 0 Å². The third-order valence-electron chi connectivity index (χ3n) is 5.01. The van der Waals surface area contributed by atoms with Crippen LogP contribution in [-0.2, 0) is 19.4 Å². The summed E-state index contributed by atoms with van der Waals surface area (Å²) in [6.07, 6.45) is 8.95. The maximum absolute atomic E-state index is 12.6. The highest BCUT2D eigenvalue weighted by atomic mass is 32.1. The van der Waals surface area contributed by atoms with E-state index in [9.17, 15) is 9.59 Å². The number of thiazole rings is 1. The zero-order valence-electron chi connectivity index (χ0n) is 15.9. The predicted molar refractivity (Wildman–Crippen MR) is 109 cm³/mol. The Hall–Kier alpha value is -3.07. The SMILES string of the molecule is O=C(NC[C@@H]1CCn2ncc(C(=O)NCCc3nccs3)c2C1)c1cccnc1. The Labute approximate surface area is 172 Å². The molecule has 0 bridgehead atoms. The monoisotopic (exact) mass is 410 g/mol. The number of aromatic nitrogens is 4. The summed E-state index contributed by atoms with van der Waals surface area (Å²) in [7, 11) is 0. The average Bonchev–Trinajstić information content (AvgIpc) is 3.42. The standard InChI is InChI=1S/C20H22N6O2S/c27-19(15-2-1-5-21-12-15)24-11-14-4-8-26-17(10-14)16(13-25-26)20(28)23-6-3-18-22-7-9-29-18/h1-2,5,7,9,12-14H,3-4,6,8,10-11H2,(H,23,28)(H,24,27)/t14-/m1/s1. The lowest BCUT2D eigenvalue weighted by atomic mass is 9.94. The molecule has 1 atom stereocenters. The molecule has 0 saturated heterocycles. The minimum Gasteiger partial charge on any atom is -0.352 e. The van der Waals surface area contributed by atoms with E-state index in [-0.39, 0.29) is 17.7 Å². The topological polar surface area (TPSA) is 102 Å². The van der Waals surface area contributed by atoms with Gasteiger partial charge in [0.25, 0.3) is 11.8 Å². The first-order chi connectivity index (χ1) is 14.2. The molecule has 2 N–H and O–H groups in total. The summed E-state index contributed by atoms with van der Waals surface area (Å²) in [6, 6.07) is 3.49. The third kappa shape index (κ3) is 4.68. The number of nitrogens with zero attached hydrogens (tertiary/aromatic N) is 4. The van der Waals surface area contributed by atoms with E-state index in [1.807, 2.05) is 10.1 Å². The molecule has 3 aromatic heterocycles. The van der Waals surface area contributed by atoms with Crippen LogP contribution in [0.2, 0.25) is 0 Å². The molecule has 150 valence electrons. The fraction of sp³-hybridized carbons (Fsp3) is 0.350. The van der Waals surface area contributed by atoms with Gasteiger partial charge < -0.3 is 10.6 Å². The maximum atomic E-state index is 12.6. The first-order valence-corrected chi connectivity index (χ1v) is 10.5. The van der Waals surface area contributed by atoms with Crippen molar-refractivity contribution >= 4 is 23.2 Å². The van der Waals surface area contributed by atoms with Crippen molar-refractivity contribution in [1.29, 1.82) is 0 Å². The fourth-order valence-corrected chi connectivity index (χ4v) is 4.07. The second kappa shape index (κ2) is 8.95. The second-order valence-corrected chi connectivity index (χ2v) is 7.95. The molecule has 0 aromatic carbocycles. The molecule has 2 amide bonds. The Morgan fingerprint density at radius 2 is 2.14 bits per heavy atom. The number of aryl methyl sites for hydroxylation is 1. The van der Waals surface area contributed by atoms with Crippen molar-refractivity contribution in [2.24, 2.45) is 5.92 Å². The molecule has 3 aromatic rings. The molecule has 9 heteroatoms. The van der Waals surface area contributed by atoms with Crippen molar-refractivity contribution in [2.75, 3.05) is 13.1 Å². The fourth-order valence-electron chi connectivity index (χ4n) is 3.45. The molecule has 0 radical (unpaired) electrons. The second-order valence-electron chi connectivity index (χ2n) is 6.97. The van der Waals surface area contributed by atoms with Crippen LogP contribution in [0.5, 0.6) is 0 Å². The molecule has 1 aliphatic rings. The summed E-state index contributed by atoms with van der Waals surface area (Å²) < 4.78 is 1.90. The Balaban J connectivity index is 1.32. The number of hydrogen-bond donors (Lipinski definition) is 2. The van der Waals surface area contributed by atoms with Crippen LogP contribution in [0.3, 0.4) is 0 Å². The predicted octanol–water partition coefficient (Wildman–Crippen LogP) is 1.70. The van der Waals surface area contributed by atoms with E-state index >= 15 is 0 Å². The zero-order chi connectivity index (χ0) is 20.1. The lowest BCUT2D eigenvalue weighted by Crippen LogP contribution is -2.34. The van der Waals surface area contributed by atoms with Gasteiger partial charge in [-0.1, -0.05) is 0 Å². The maximum Gasteiger partial charge on any atom is 0.254 e. The van der Waals surface area contributed by atoms with Crippen molar-refractivity contribution in [2.45, 2.75) is 25.8 Å². The Morgan fingerprint density at radius 1 is 1.21 bits per heavy atom. The third-order valence-corrected chi connectivity index (χ3v) is 5.85. The summed E-state index contributed by atoms with van der Waals surface area (Å²) in [4.78, 5) is 33.0. The van der Waals surface area contributed by atoms with Gasteiger partial charge in [0.2, 0.25) is 0 Å². The largest absolute Gasteiger partial charge is 0.352 e. The Morgan fingerprint density at radius 3 is 2.93 bits per heavy atom. The van der Waals surface area contributed by atoms with Crippen LogP contribution in [0.4, 0.5) is 0 Å². The quantitative estimate of drug-likeness (QED) is 0.617. The van der Waals surface area contributed by atoms with E-state index in [2.05, 4.69) is 25.7 Å². The number of nitrogens with one attached hydrogen (secondary N) is 2. The van der Waals surface area contributed by atoms with Crippen molar-refractivity contribution in [3.8, 4) is 0 Å². The minimum atomic E-state index is -0.127. The van der Waals surface area contributed by atoms with Gasteiger partial charge in [-0.2, -0.15) is 5.10 Å². The molecule has 4 rings (SSSR count). The van der Waals surface area contributed by atoms with Gasteiger partial charge in [0, 0.05) is 50.0 Å². The van der Waals surface area contributed by atoms with E-state index < -0.39 is 0 Å². The molecular formula is C20H22N6O2S. The number of pyridine rings is 1. The van der Waals surface area contributed by atoms with Crippen molar-refractivity contribution < 1.29 is 9.59 Å². The molecule has 0 fully saturated rings. The van der Waals surface area contributed by atoms with Crippen molar-refractivity contribution in [1.82, 2.24) is 30.4 Å². The number of carbonyl (C=O) groups excluding carboxylic acids is 2. The molecule has 0 saturated carbocycles. The van der Waals surface area contributed by atoms with Crippen LogP contribution in [0.1, 0.15) is 37.8 Å². The summed E-state index contributed by atoms with van der Waals surface area (Å²) in [5, 5.41) is 13.2. The van der Waals surface area contributed by atoms with Crippen molar-refractivity contribution in [3.63, 3.8) is 0 Å². The number of carbonyl (C=O) groups is 2. The highest BCUT2D eigenvalue weighted by Crippen LogP contribution is 2.22. The minimum absolute atomic E-state index is 0.108. The van der Waals surface area contributed by atoms with Crippen LogP contribution in [0.15, 0.2) is 42.3 Å². The molecule has 4 heterocycles. The normalized spacial score (nSPS) is 15.5. The van der Waals surface area contributed by atoms with Crippen molar-refractivity contribution in [3.05, 3.63) is 64.1 Å². The van der Waals surface area contributed by atoms with Gasteiger partial charge in [0.05, 0.1) is 28.0 Å². The smallest absolute Gasteiger partial charge is 0.254 e. The van der Waals surface area contributed by atoms with E-state index in [0.717, 1.165) is 30.1 Å². The van der Waals surface area contributed by atoms with Gasteiger partial charge in [0.1, 0.15) is 0 Å². The van der Waals surface area contributed by atoms with E-state index in [0.29, 0.717) is 30.6 Å². The molecule has 0 spiro atoms. The molecular weight excluding hydrogens is 388 g/mol. The van der Waals surface area contributed by atoms with Crippen LogP contribution < -0.4 is 10.6 Å². The van der Waals surface area contributed by atoms with E-state index in [4.69, 9.17) is 0 Å². The first-order valence-electron chi connectivity index (χ1n) is 9.60. The number of fused-ring (bicyclic) bond motifs is 1. The van der Waals surface area contributed by atoms with Crippen LogP contribution in [0, 0.1) is 5.92 Å². The highest BCUT2D eigenvalue weighted by Gasteiger charge is 2.25. The lowest BCUT2D eigenvalue weighted by molar-refractivity contribution is 0.0935. The highest BCUT2D eigenvalue weighted by molar-refractivity contribution is 7.09. The molecule has 0 unspecified atom stereocenters. The molecule has 8 nitrogen and oxygen atoms in total. The Kier molecular flexibility index (Phi) is 5.95. The molecule has 0 aliphatic carbocycles. The van der Waals surface area contributed by atoms with Gasteiger partial charge in [-0.3, -0.25) is 19.3 Å². The zero-order valence-corrected chi connectivity index (χ0v) is 16.7. The molecule has 29 heavy (non-hydrogen) atoms. The number of hydrogen-bond acceptors (Lipinski definition) is 6. The summed E-state index contributed by atoms with van der Waals surface area (Å²) >= 11 is 1.58. The van der Waals surface area contributed by atoms with Gasteiger partial charge >= 0.3 is 0 Å². The number of amides is 2. The summed E-state index contributed by atoms with van der Waals surface area (Å²) in [5.41, 5.74) is 2.10. The van der Waals surface area contributed by atoms with Gasteiger partial charge in [-0.15, -0.1) is 11.3 Å². The summed E-state index contributed by atoms with van der Waals surface area (Å²) in [6.45, 7) is 1.85. The number of rotatable bonds is 7. The van der Waals surface area contributed by atoms with Crippen LogP contribution in [-0.4, -0.2) is 44.7 Å². The van der Waals surface area contributed by atoms with Crippen LogP contribution in [0.25, 0.3) is 0 Å². The van der Waals surface area contributed by atoms with E-state index in [1.54, 1.807) is 48.3 Å². The Bertz CT molecular complexity index is 970.